The van der Waals surface area contributed by atoms with E-state index in [9.17, 15) is 14.4 Å². The second kappa shape index (κ2) is 10.7. The van der Waals surface area contributed by atoms with Crippen molar-refractivity contribution < 1.29 is 19.1 Å². The van der Waals surface area contributed by atoms with Crippen LogP contribution < -0.4 is 10.1 Å². The van der Waals surface area contributed by atoms with Crippen LogP contribution in [0.1, 0.15) is 47.7 Å². The van der Waals surface area contributed by atoms with Crippen LogP contribution in [0.2, 0.25) is 0 Å². The van der Waals surface area contributed by atoms with Gasteiger partial charge < -0.3 is 19.9 Å². The Bertz CT molecular complexity index is 1010. The predicted molar refractivity (Wildman–Crippen MR) is 129 cm³/mol. The molecule has 2 fully saturated rings. The average molecular weight is 464 g/mol. The molecule has 0 radical (unpaired) electrons. The number of carbonyl (C=O) groups is 3. The van der Waals surface area contributed by atoms with E-state index in [-0.39, 0.29) is 36.1 Å². The molecule has 0 saturated carbocycles. The zero-order valence-electron chi connectivity index (χ0n) is 20.0. The number of aryl methyl sites for hydroxylation is 1. The minimum atomic E-state index is -0.297. The Morgan fingerprint density at radius 2 is 1.65 bits per heavy atom. The van der Waals surface area contributed by atoms with Gasteiger partial charge in [0.1, 0.15) is 5.75 Å². The summed E-state index contributed by atoms with van der Waals surface area (Å²) in [6.07, 6.45) is 2.65. The summed E-state index contributed by atoms with van der Waals surface area (Å²) in [6.45, 7) is 4.24. The molecule has 1 N–H and O–H groups in total. The predicted octanol–water partition coefficient (Wildman–Crippen LogP) is 3.03. The lowest BCUT2D eigenvalue weighted by Gasteiger charge is -2.33. The van der Waals surface area contributed by atoms with E-state index < -0.39 is 0 Å². The number of piperidine rings is 1. The van der Waals surface area contributed by atoms with Gasteiger partial charge in [-0.3, -0.25) is 14.4 Å². The summed E-state index contributed by atoms with van der Waals surface area (Å²) in [4.78, 5) is 41.8. The van der Waals surface area contributed by atoms with Gasteiger partial charge in [-0.25, -0.2) is 0 Å². The minimum Gasteiger partial charge on any atom is -0.497 e. The number of methoxy groups -OCH3 is 1. The highest BCUT2D eigenvalue weighted by molar-refractivity contribution is 5.94. The molecule has 2 heterocycles. The van der Waals surface area contributed by atoms with Crippen LogP contribution in [-0.4, -0.2) is 60.3 Å². The van der Waals surface area contributed by atoms with Gasteiger partial charge in [0.25, 0.3) is 5.91 Å². The number of hydrogen-bond acceptors (Lipinski definition) is 4. The second-order valence-corrected chi connectivity index (χ2v) is 9.15. The van der Waals surface area contributed by atoms with E-state index in [1.807, 2.05) is 53.4 Å². The molecule has 0 aliphatic carbocycles. The van der Waals surface area contributed by atoms with Crippen molar-refractivity contribution in [3.8, 4) is 5.75 Å². The van der Waals surface area contributed by atoms with Gasteiger partial charge in [0, 0.05) is 44.2 Å². The molecule has 7 heteroatoms. The molecule has 3 amide bonds. The van der Waals surface area contributed by atoms with Gasteiger partial charge in [-0.05, 0) is 54.7 Å². The quantitative estimate of drug-likeness (QED) is 0.685. The first kappa shape index (κ1) is 23.8. The molecule has 180 valence electrons. The van der Waals surface area contributed by atoms with Gasteiger partial charge in [0.05, 0.1) is 13.0 Å². The van der Waals surface area contributed by atoms with Crippen molar-refractivity contribution in [1.82, 2.24) is 15.1 Å². The molecule has 2 aliphatic heterocycles. The van der Waals surface area contributed by atoms with Crippen LogP contribution in [0.4, 0.5) is 0 Å². The van der Waals surface area contributed by atoms with Crippen molar-refractivity contribution in [2.24, 2.45) is 5.92 Å². The van der Waals surface area contributed by atoms with Crippen molar-refractivity contribution in [3.05, 3.63) is 65.2 Å². The Labute approximate surface area is 201 Å². The van der Waals surface area contributed by atoms with Gasteiger partial charge in [-0.2, -0.15) is 0 Å². The Hall–Kier alpha value is -3.35. The number of ether oxygens (including phenoxy) is 1. The maximum atomic E-state index is 13.1. The molecule has 2 aromatic rings. The van der Waals surface area contributed by atoms with Crippen molar-refractivity contribution in [2.75, 3.05) is 26.7 Å². The van der Waals surface area contributed by atoms with Crippen LogP contribution in [0, 0.1) is 5.92 Å². The van der Waals surface area contributed by atoms with Crippen LogP contribution >= 0.6 is 0 Å². The third kappa shape index (κ3) is 5.58. The first-order valence-corrected chi connectivity index (χ1v) is 12.1. The molecule has 7 nitrogen and oxygen atoms in total. The smallest absolute Gasteiger partial charge is 0.251 e. The third-order valence-electron chi connectivity index (χ3n) is 6.86. The number of amides is 3. The van der Waals surface area contributed by atoms with Crippen molar-refractivity contribution in [1.29, 1.82) is 0 Å². The molecule has 0 unspecified atom stereocenters. The topological polar surface area (TPSA) is 79.0 Å². The molecule has 4 rings (SSSR count). The molecule has 2 aromatic carbocycles. The van der Waals surface area contributed by atoms with E-state index in [1.54, 1.807) is 12.0 Å². The molecule has 1 atom stereocenters. The largest absolute Gasteiger partial charge is 0.497 e. The fraction of sp³-hybridized carbons (Fsp3) is 0.444. The van der Waals surface area contributed by atoms with Gasteiger partial charge in [-0.1, -0.05) is 31.2 Å². The summed E-state index contributed by atoms with van der Waals surface area (Å²) in [6, 6.07) is 15.4. The van der Waals surface area contributed by atoms with Gasteiger partial charge >= 0.3 is 0 Å². The van der Waals surface area contributed by atoms with E-state index in [0.29, 0.717) is 31.7 Å². The molecular formula is C27H33N3O4. The Morgan fingerprint density at radius 1 is 1.00 bits per heavy atom. The highest BCUT2D eigenvalue weighted by Crippen LogP contribution is 2.24. The zero-order chi connectivity index (χ0) is 24.1. The lowest BCUT2D eigenvalue weighted by molar-refractivity contribution is -0.136. The lowest BCUT2D eigenvalue weighted by atomic mass is 10.0. The standard InChI is InChI=1S/C27H33N3O4/c1-3-19-4-8-21(9-5-19)26(32)28-23-12-14-29(15-13-23)27(33)22-16-25(31)30(18-22)17-20-6-10-24(34-2)11-7-20/h4-11,22-23H,3,12-18H2,1-2H3,(H,28,32)/t22-/m1/s1. The summed E-state index contributed by atoms with van der Waals surface area (Å²) in [5, 5.41) is 3.10. The van der Waals surface area contributed by atoms with E-state index in [0.717, 1.165) is 30.6 Å². The van der Waals surface area contributed by atoms with E-state index in [2.05, 4.69) is 12.2 Å². The van der Waals surface area contributed by atoms with Gasteiger partial charge in [-0.15, -0.1) is 0 Å². The SMILES string of the molecule is CCc1ccc(C(=O)NC2CCN(C(=O)[C@@H]3CC(=O)N(Cc4ccc(OC)cc4)C3)CC2)cc1. The minimum absolute atomic E-state index is 0.0189. The third-order valence-corrected chi connectivity index (χ3v) is 6.86. The number of hydrogen-bond donors (Lipinski definition) is 1. The maximum Gasteiger partial charge on any atom is 0.251 e. The molecule has 0 spiro atoms. The highest BCUT2D eigenvalue weighted by Gasteiger charge is 2.37. The van der Waals surface area contributed by atoms with E-state index in [4.69, 9.17) is 4.74 Å². The van der Waals surface area contributed by atoms with Crippen LogP contribution in [0.15, 0.2) is 48.5 Å². The zero-order valence-corrected chi connectivity index (χ0v) is 20.0. The van der Waals surface area contributed by atoms with Crippen LogP contribution in [0.5, 0.6) is 5.75 Å². The van der Waals surface area contributed by atoms with Crippen LogP contribution in [-0.2, 0) is 22.6 Å². The van der Waals surface area contributed by atoms with Crippen molar-refractivity contribution in [2.45, 2.75) is 45.2 Å². The van der Waals surface area contributed by atoms with Gasteiger partial charge in [0.2, 0.25) is 11.8 Å². The fourth-order valence-electron chi connectivity index (χ4n) is 4.70. The first-order chi connectivity index (χ1) is 16.5. The normalized spacial score (nSPS) is 18.8. The summed E-state index contributed by atoms with van der Waals surface area (Å²) >= 11 is 0. The summed E-state index contributed by atoms with van der Waals surface area (Å²) in [7, 11) is 1.62. The number of carbonyl (C=O) groups excluding carboxylic acids is 3. The number of nitrogens with zero attached hydrogens (tertiary/aromatic N) is 2. The molecule has 34 heavy (non-hydrogen) atoms. The number of likely N-dealkylation sites (tertiary alicyclic amines) is 2. The van der Waals surface area contributed by atoms with Crippen LogP contribution in [0.25, 0.3) is 0 Å². The summed E-state index contributed by atoms with van der Waals surface area (Å²) in [5.74, 6) is 0.478. The fourth-order valence-corrected chi connectivity index (χ4v) is 4.70. The van der Waals surface area contributed by atoms with Crippen LogP contribution in [0.3, 0.4) is 0 Å². The average Bonchev–Trinajstić information content (AvgIpc) is 3.24. The first-order valence-electron chi connectivity index (χ1n) is 12.1. The van der Waals surface area contributed by atoms with Gasteiger partial charge in [0.15, 0.2) is 0 Å². The Balaban J connectivity index is 1.25. The molecule has 0 bridgehead atoms. The molecule has 2 aliphatic rings. The van der Waals surface area contributed by atoms with Crippen molar-refractivity contribution >= 4 is 17.7 Å². The summed E-state index contributed by atoms with van der Waals surface area (Å²) < 4.78 is 5.18. The van der Waals surface area contributed by atoms with E-state index >= 15 is 0 Å². The summed E-state index contributed by atoms with van der Waals surface area (Å²) in [5.41, 5.74) is 2.89. The number of rotatable bonds is 7. The second-order valence-electron chi connectivity index (χ2n) is 9.15. The number of benzene rings is 2. The Morgan fingerprint density at radius 3 is 2.26 bits per heavy atom. The maximum absolute atomic E-state index is 13.1. The van der Waals surface area contributed by atoms with E-state index in [1.165, 1.54) is 5.56 Å². The Kier molecular flexibility index (Phi) is 7.50. The molecular weight excluding hydrogens is 430 g/mol. The molecule has 0 aromatic heterocycles. The monoisotopic (exact) mass is 463 g/mol. The number of nitrogens with one attached hydrogen (secondary N) is 1. The lowest BCUT2D eigenvalue weighted by Crippen LogP contribution is -2.48. The molecule has 2 saturated heterocycles. The van der Waals surface area contributed by atoms with Crippen molar-refractivity contribution in [3.63, 3.8) is 0 Å². The highest BCUT2D eigenvalue weighted by atomic mass is 16.5.